The molecule has 0 N–H and O–H groups in total. The fourth-order valence-corrected chi connectivity index (χ4v) is 1.63. The van der Waals surface area contributed by atoms with Gasteiger partial charge in [0.25, 0.3) is 0 Å². The van der Waals surface area contributed by atoms with Crippen LogP contribution in [0.5, 0.6) is 0 Å². The number of nitrogens with zero attached hydrogens (tertiary/aromatic N) is 2. The van der Waals surface area contributed by atoms with Crippen LogP contribution in [0.1, 0.15) is 0 Å². The van der Waals surface area contributed by atoms with Crippen molar-refractivity contribution in [3.8, 4) is 0 Å². The zero-order valence-corrected chi connectivity index (χ0v) is 9.67. The molecular formula is C14H16N2. The van der Waals surface area contributed by atoms with Gasteiger partial charge in [0.2, 0.25) is 0 Å². The normalized spacial score (nSPS) is 9.88. The van der Waals surface area contributed by atoms with Gasteiger partial charge in [0.05, 0.1) is 11.4 Å². The molecule has 0 aliphatic heterocycles. The van der Waals surface area contributed by atoms with Crippen LogP contribution in [0, 0.1) is 0 Å². The fourth-order valence-electron chi connectivity index (χ4n) is 1.63. The Kier molecular flexibility index (Phi) is 3.10. The molecular weight excluding hydrogens is 196 g/mol. The van der Waals surface area contributed by atoms with Crippen molar-refractivity contribution in [1.29, 1.82) is 0 Å². The topological polar surface area (TPSA) is 6.48 Å². The molecule has 0 heterocycles. The lowest BCUT2D eigenvalue weighted by Gasteiger charge is -2.32. The third-order valence-electron chi connectivity index (χ3n) is 2.71. The van der Waals surface area contributed by atoms with Crippen molar-refractivity contribution < 1.29 is 0 Å². The molecule has 0 bridgehead atoms. The van der Waals surface area contributed by atoms with Gasteiger partial charge < -0.3 is 0 Å². The van der Waals surface area contributed by atoms with Crippen LogP contribution in [0.15, 0.2) is 60.7 Å². The van der Waals surface area contributed by atoms with Gasteiger partial charge in [-0.05, 0) is 24.3 Å². The van der Waals surface area contributed by atoms with Gasteiger partial charge in [-0.3, -0.25) is 10.0 Å². The summed E-state index contributed by atoms with van der Waals surface area (Å²) in [6.07, 6.45) is 0. The van der Waals surface area contributed by atoms with E-state index < -0.39 is 0 Å². The monoisotopic (exact) mass is 212 g/mol. The van der Waals surface area contributed by atoms with Crippen LogP contribution in [0.3, 0.4) is 0 Å². The van der Waals surface area contributed by atoms with Crippen molar-refractivity contribution >= 4 is 11.4 Å². The first kappa shape index (κ1) is 10.6. The average Bonchev–Trinajstić information content (AvgIpc) is 2.39. The summed E-state index contributed by atoms with van der Waals surface area (Å²) in [7, 11) is 4.12. The molecule has 0 spiro atoms. The molecule has 2 nitrogen and oxygen atoms in total. The smallest absolute Gasteiger partial charge is 0.0570 e. The summed E-state index contributed by atoms with van der Waals surface area (Å²) < 4.78 is 0. The maximum atomic E-state index is 2.12. The molecule has 16 heavy (non-hydrogen) atoms. The highest BCUT2D eigenvalue weighted by molar-refractivity contribution is 5.56. The molecule has 2 aromatic carbocycles. The van der Waals surface area contributed by atoms with E-state index in [4.69, 9.17) is 0 Å². The van der Waals surface area contributed by atoms with Crippen LogP contribution >= 0.6 is 0 Å². The summed E-state index contributed by atoms with van der Waals surface area (Å²) in [5.41, 5.74) is 2.35. The highest BCUT2D eigenvalue weighted by Gasteiger charge is 2.06. The number of hydrazine groups is 1. The Balaban J connectivity index is 2.20. The van der Waals surface area contributed by atoms with Crippen LogP contribution in [0.4, 0.5) is 11.4 Å². The van der Waals surface area contributed by atoms with Crippen molar-refractivity contribution in [2.75, 3.05) is 24.1 Å². The molecule has 0 fully saturated rings. The standard InChI is InChI=1S/C14H16N2/c1-15(13-9-5-3-6-10-13)16(2)14-11-7-4-8-12-14/h3-12H,1-2H3. The molecule has 0 saturated carbocycles. The first-order chi connectivity index (χ1) is 7.79. The average molecular weight is 212 g/mol. The minimum Gasteiger partial charge on any atom is -0.289 e. The summed E-state index contributed by atoms with van der Waals surface area (Å²) in [5, 5.41) is 4.24. The Labute approximate surface area is 96.7 Å². The van der Waals surface area contributed by atoms with Gasteiger partial charge in [-0.15, -0.1) is 0 Å². The molecule has 82 valence electrons. The molecule has 0 aliphatic rings. The molecule has 0 saturated heterocycles. The van der Waals surface area contributed by atoms with Gasteiger partial charge in [-0.1, -0.05) is 36.4 Å². The van der Waals surface area contributed by atoms with E-state index >= 15 is 0 Å². The number of anilines is 2. The molecule has 0 aliphatic carbocycles. The Morgan fingerprint density at radius 1 is 0.562 bits per heavy atom. The van der Waals surface area contributed by atoms with E-state index in [-0.39, 0.29) is 0 Å². The number of hydrogen-bond acceptors (Lipinski definition) is 2. The minimum absolute atomic E-state index is 1.17. The van der Waals surface area contributed by atoms with Crippen LogP contribution in [-0.2, 0) is 0 Å². The zero-order valence-electron chi connectivity index (χ0n) is 9.67. The second-order valence-electron chi connectivity index (χ2n) is 3.72. The highest BCUT2D eigenvalue weighted by Crippen LogP contribution is 2.18. The molecule has 0 amide bonds. The number of rotatable bonds is 3. The summed E-state index contributed by atoms with van der Waals surface area (Å²) in [4.78, 5) is 0. The third kappa shape index (κ3) is 2.16. The van der Waals surface area contributed by atoms with Crippen LogP contribution in [0.25, 0.3) is 0 Å². The summed E-state index contributed by atoms with van der Waals surface area (Å²) in [5.74, 6) is 0. The van der Waals surface area contributed by atoms with E-state index in [1.807, 2.05) is 36.4 Å². The highest BCUT2D eigenvalue weighted by atomic mass is 15.6. The predicted molar refractivity (Wildman–Crippen MR) is 69.7 cm³/mol. The zero-order chi connectivity index (χ0) is 11.4. The molecule has 2 rings (SSSR count). The van der Waals surface area contributed by atoms with Crippen molar-refractivity contribution in [3.63, 3.8) is 0 Å². The Morgan fingerprint density at radius 2 is 0.875 bits per heavy atom. The minimum atomic E-state index is 1.17. The number of benzene rings is 2. The molecule has 2 heteroatoms. The first-order valence-corrected chi connectivity index (χ1v) is 5.36. The van der Waals surface area contributed by atoms with Crippen molar-refractivity contribution in [1.82, 2.24) is 0 Å². The first-order valence-electron chi connectivity index (χ1n) is 5.36. The summed E-state index contributed by atoms with van der Waals surface area (Å²) in [6.45, 7) is 0. The number of para-hydroxylation sites is 2. The Hall–Kier alpha value is -1.96. The lowest BCUT2D eigenvalue weighted by molar-refractivity contribution is 0.891. The maximum absolute atomic E-state index is 2.12. The van der Waals surface area contributed by atoms with E-state index in [0.717, 1.165) is 0 Å². The van der Waals surface area contributed by atoms with E-state index in [2.05, 4.69) is 48.4 Å². The quantitative estimate of drug-likeness (QED) is 0.721. The van der Waals surface area contributed by atoms with Gasteiger partial charge in [0, 0.05) is 14.1 Å². The molecule has 2 aromatic rings. The lowest BCUT2D eigenvalue weighted by atomic mass is 10.3. The van der Waals surface area contributed by atoms with Gasteiger partial charge in [0.1, 0.15) is 0 Å². The largest absolute Gasteiger partial charge is 0.289 e. The molecule has 0 atom stereocenters. The molecule has 0 aromatic heterocycles. The summed E-state index contributed by atoms with van der Waals surface area (Å²) >= 11 is 0. The number of hydrogen-bond donors (Lipinski definition) is 0. The predicted octanol–water partition coefficient (Wildman–Crippen LogP) is 3.17. The van der Waals surface area contributed by atoms with Crippen molar-refractivity contribution in [2.24, 2.45) is 0 Å². The van der Waals surface area contributed by atoms with Gasteiger partial charge in [-0.25, -0.2) is 0 Å². The Bertz CT molecular complexity index is 382. The van der Waals surface area contributed by atoms with Gasteiger partial charge in [0.15, 0.2) is 0 Å². The van der Waals surface area contributed by atoms with Gasteiger partial charge >= 0.3 is 0 Å². The van der Waals surface area contributed by atoms with E-state index in [9.17, 15) is 0 Å². The fraction of sp³-hybridized carbons (Fsp3) is 0.143. The lowest BCUT2D eigenvalue weighted by Crippen LogP contribution is -2.36. The van der Waals surface area contributed by atoms with Crippen LogP contribution in [-0.4, -0.2) is 14.1 Å². The second-order valence-corrected chi connectivity index (χ2v) is 3.72. The van der Waals surface area contributed by atoms with E-state index in [1.165, 1.54) is 11.4 Å². The SMILES string of the molecule is CN(c1ccccc1)N(C)c1ccccc1. The van der Waals surface area contributed by atoms with E-state index in [0.29, 0.717) is 0 Å². The van der Waals surface area contributed by atoms with Gasteiger partial charge in [-0.2, -0.15) is 0 Å². The van der Waals surface area contributed by atoms with Crippen LogP contribution in [0.2, 0.25) is 0 Å². The van der Waals surface area contributed by atoms with E-state index in [1.54, 1.807) is 0 Å². The second kappa shape index (κ2) is 4.71. The van der Waals surface area contributed by atoms with Crippen molar-refractivity contribution in [2.45, 2.75) is 0 Å². The van der Waals surface area contributed by atoms with Crippen LogP contribution < -0.4 is 10.0 Å². The maximum Gasteiger partial charge on any atom is 0.0570 e. The summed E-state index contributed by atoms with van der Waals surface area (Å²) in [6, 6.07) is 20.6. The molecule has 0 radical (unpaired) electrons. The van der Waals surface area contributed by atoms with Crippen molar-refractivity contribution in [3.05, 3.63) is 60.7 Å². The third-order valence-corrected chi connectivity index (χ3v) is 2.71. The Morgan fingerprint density at radius 3 is 1.19 bits per heavy atom. The molecule has 0 unspecified atom stereocenters.